The summed E-state index contributed by atoms with van der Waals surface area (Å²) in [7, 11) is 0. The van der Waals surface area contributed by atoms with Crippen LogP contribution >= 0.6 is 11.3 Å². The lowest BCUT2D eigenvalue weighted by Gasteiger charge is -2.16. The second kappa shape index (κ2) is 7.12. The van der Waals surface area contributed by atoms with E-state index in [0.717, 1.165) is 48.6 Å². The summed E-state index contributed by atoms with van der Waals surface area (Å²) in [4.78, 5) is 14.8. The van der Waals surface area contributed by atoms with Crippen molar-refractivity contribution in [3.8, 4) is 0 Å². The van der Waals surface area contributed by atoms with Gasteiger partial charge in [0.2, 0.25) is 0 Å². The number of carbonyl (C=O) groups excluding carboxylic acids is 1. The average molecular weight is 353 g/mol. The van der Waals surface area contributed by atoms with Gasteiger partial charge in [-0.25, -0.2) is 5.43 Å². The minimum atomic E-state index is -0.0683. The fourth-order valence-electron chi connectivity index (χ4n) is 3.87. The molecule has 0 radical (unpaired) electrons. The molecular weight excluding hydrogens is 328 g/mol. The van der Waals surface area contributed by atoms with Gasteiger partial charge in [0.05, 0.1) is 10.6 Å². The largest absolute Gasteiger partial charge is 0.281 e. The fourth-order valence-corrected chi connectivity index (χ4v) is 4.97. The number of amides is 1. The molecule has 2 aliphatic carbocycles. The van der Waals surface area contributed by atoms with Crippen LogP contribution in [0.25, 0.3) is 0 Å². The Morgan fingerprint density at radius 1 is 1.16 bits per heavy atom. The van der Waals surface area contributed by atoms with Crippen molar-refractivity contribution in [3.05, 3.63) is 56.8 Å². The van der Waals surface area contributed by atoms with Crippen LogP contribution in [-0.4, -0.2) is 11.6 Å². The lowest BCUT2D eigenvalue weighted by molar-refractivity contribution is 0.0958. The normalized spacial score (nSPS) is 21.3. The second-order valence-electron chi connectivity index (χ2n) is 7.27. The monoisotopic (exact) mass is 352 g/mol. The Kier molecular flexibility index (Phi) is 4.71. The zero-order valence-corrected chi connectivity index (χ0v) is 15.5. The molecule has 2 aliphatic rings. The Labute approximate surface area is 153 Å². The van der Waals surface area contributed by atoms with E-state index in [-0.39, 0.29) is 5.91 Å². The standard InChI is InChI=1S/C21H24N2OS/c1-14-10-11-19-16(12-14)13-20(25-19)21(24)23-22-18-9-5-3-7-15-6-2-4-8-17(15)18/h2,4,6,8,13-14H,3,5,7,9-12H2,1H3,(H,23,24)/b22-18-/t14-/m0/s1. The molecule has 2 aromatic rings. The third kappa shape index (κ3) is 3.54. The summed E-state index contributed by atoms with van der Waals surface area (Å²) in [6.45, 7) is 2.29. The first-order valence-electron chi connectivity index (χ1n) is 9.27. The molecule has 0 unspecified atom stereocenters. The van der Waals surface area contributed by atoms with Gasteiger partial charge in [0, 0.05) is 10.4 Å². The summed E-state index contributed by atoms with van der Waals surface area (Å²) in [5.74, 6) is 0.655. The van der Waals surface area contributed by atoms with Crippen LogP contribution in [0.2, 0.25) is 0 Å². The Hall–Kier alpha value is -1.94. The Balaban J connectivity index is 1.53. The van der Waals surface area contributed by atoms with E-state index in [9.17, 15) is 4.79 Å². The number of hydrogen-bond acceptors (Lipinski definition) is 3. The highest BCUT2D eigenvalue weighted by Gasteiger charge is 2.21. The van der Waals surface area contributed by atoms with Crippen LogP contribution in [0.5, 0.6) is 0 Å². The van der Waals surface area contributed by atoms with Crippen molar-refractivity contribution in [2.75, 3.05) is 0 Å². The van der Waals surface area contributed by atoms with Gasteiger partial charge in [-0.3, -0.25) is 4.79 Å². The van der Waals surface area contributed by atoms with Crippen molar-refractivity contribution < 1.29 is 4.79 Å². The maximum atomic E-state index is 12.6. The van der Waals surface area contributed by atoms with Gasteiger partial charge in [-0.2, -0.15) is 5.10 Å². The summed E-state index contributed by atoms with van der Waals surface area (Å²) in [5, 5.41) is 4.51. The zero-order chi connectivity index (χ0) is 17.2. The molecular formula is C21H24N2OS. The highest BCUT2D eigenvalue weighted by molar-refractivity contribution is 7.14. The van der Waals surface area contributed by atoms with E-state index in [0.29, 0.717) is 0 Å². The number of hydrazone groups is 1. The molecule has 4 rings (SSSR count). The number of aryl methyl sites for hydroxylation is 2. The summed E-state index contributed by atoms with van der Waals surface area (Å²) in [6.07, 6.45) is 7.76. The van der Waals surface area contributed by atoms with Crippen LogP contribution in [0, 0.1) is 5.92 Å². The molecule has 130 valence electrons. The van der Waals surface area contributed by atoms with E-state index in [1.807, 2.05) is 0 Å². The number of thiophene rings is 1. The van der Waals surface area contributed by atoms with E-state index in [2.05, 4.69) is 47.8 Å². The van der Waals surface area contributed by atoms with Crippen molar-refractivity contribution in [2.45, 2.75) is 51.9 Å². The van der Waals surface area contributed by atoms with Gasteiger partial charge < -0.3 is 0 Å². The van der Waals surface area contributed by atoms with E-state index in [1.54, 1.807) is 11.3 Å². The maximum absolute atomic E-state index is 12.6. The number of fused-ring (bicyclic) bond motifs is 2. The van der Waals surface area contributed by atoms with E-state index < -0.39 is 0 Å². The minimum Gasteiger partial charge on any atom is -0.266 e. The molecule has 0 bridgehead atoms. The number of benzene rings is 1. The van der Waals surface area contributed by atoms with Gasteiger partial charge in [-0.15, -0.1) is 11.3 Å². The topological polar surface area (TPSA) is 41.5 Å². The van der Waals surface area contributed by atoms with Gasteiger partial charge in [-0.05, 0) is 68.1 Å². The second-order valence-corrected chi connectivity index (χ2v) is 8.41. The Bertz CT molecular complexity index is 821. The maximum Gasteiger partial charge on any atom is 0.281 e. The molecule has 1 amide bonds. The molecule has 0 saturated carbocycles. The lowest BCUT2D eigenvalue weighted by atomic mass is 9.90. The third-order valence-electron chi connectivity index (χ3n) is 5.28. The predicted molar refractivity (Wildman–Crippen MR) is 104 cm³/mol. The van der Waals surface area contributed by atoms with Gasteiger partial charge in [0.1, 0.15) is 0 Å². The smallest absolute Gasteiger partial charge is 0.266 e. The van der Waals surface area contributed by atoms with Gasteiger partial charge in [-0.1, -0.05) is 31.2 Å². The van der Waals surface area contributed by atoms with Crippen LogP contribution in [-0.2, 0) is 19.3 Å². The van der Waals surface area contributed by atoms with Crippen molar-refractivity contribution >= 4 is 23.0 Å². The van der Waals surface area contributed by atoms with Crippen LogP contribution in [0.4, 0.5) is 0 Å². The van der Waals surface area contributed by atoms with Crippen LogP contribution in [0.3, 0.4) is 0 Å². The third-order valence-corrected chi connectivity index (χ3v) is 6.52. The molecule has 25 heavy (non-hydrogen) atoms. The number of nitrogens with one attached hydrogen (secondary N) is 1. The summed E-state index contributed by atoms with van der Waals surface area (Å²) in [6, 6.07) is 10.5. The average Bonchev–Trinajstić information content (AvgIpc) is 2.93. The molecule has 1 N–H and O–H groups in total. The molecule has 3 nitrogen and oxygen atoms in total. The van der Waals surface area contributed by atoms with Crippen LogP contribution < -0.4 is 5.43 Å². The number of nitrogens with zero attached hydrogens (tertiary/aromatic N) is 1. The van der Waals surface area contributed by atoms with Crippen molar-refractivity contribution in [1.82, 2.24) is 5.43 Å². The molecule has 1 aromatic carbocycles. The quantitative estimate of drug-likeness (QED) is 0.616. The summed E-state index contributed by atoms with van der Waals surface area (Å²) >= 11 is 1.64. The van der Waals surface area contributed by atoms with Gasteiger partial charge in [0.15, 0.2) is 0 Å². The zero-order valence-electron chi connectivity index (χ0n) is 14.7. The molecule has 0 aliphatic heterocycles. The first kappa shape index (κ1) is 16.5. The Morgan fingerprint density at radius 3 is 2.92 bits per heavy atom. The van der Waals surface area contributed by atoms with Crippen LogP contribution in [0.1, 0.15) is 63.8 Å². The molecule has 1 atom stereocenters. The van der Waals surface area contributed by atoms with Crippen molar-refractivity contribution in [2.24, 2.45) is 11.0 Å². The molecule has 0 saturated heterocycles. The van der Waals surface area contributed by atoms with Crippen LogP contribution in [0.15, 0.2) is 35.4 Å². The van der Waals surface area contributed by atoms with E-state index in [4.69, 9.17) is 0 Å². The summed E-state index contributed by atoms with van der Waals surface area (Å²) < 4.78 is 0. The fraction of sp³-hybridized carbons (Fsp3) is 0.429. The number of carbonyl (C=O) groups is 1. The first-order chi connectivity index (χ1) is 12.2. The Morgan fingerprint density at radius 2 is 2.00 bits per heavy atom. The lowest BCUT2D eigenvalue weighted by Crippen LogP contribution is -2.19. The molecule has 4 heteroatoms. The SMILES string of the molecule is C[C@H]1CCc2sc(C(=O)N/N=C3/CCCCc4ccccc43)cc2C1. The molecule has 1 heterocycles. The van der Waals surface area contributed by atoms with Gasteiger partial charge in [0.25, 0.3) is 5.91 Å². The number of rotatable bonds is 2. The molecule has 1 aromatic heterocycles. The van der Waals surface area contributed by atoms with E-state index in [1.165, 1.54) is 34.4 Å². The van der Waals surface area contributed by atoms with Crippen molar-refractivity contribution in [1.29, 1.82) is 0 Å². The highest BCUT2D eigenvalue weighted by Crippen LogP contribution is 2.32. The molecule has 0 spiro atoms. The van der Waals surface area contributed by atoms with Crippen molar-refractivity contribution in [3.63, 3.8) is 0 Å². The molecule has 0 fully saturated rings. The minimum absolute atomic E-state index is 0.0683. The van der Waals surface area contributed by atoms with Gasteiger partial charge >= 0.3 is 0 Å². The summed E-state index contributed by atoms with van der Waals surface area (Å²) in [5.41, 5.74) is 7.73. The first-order valence-corrected chi connectivity index (χ1v) is 10.1. The highest BCUT2D eigenvalue weighted by atomic mass is 32.1. The van der Waals surface area contributed by atoms with E-state index >= 15 is 0 Å². The predicted octanol–water partition coefficient (Wildman–Crippen LogP) is 4.73. The number of hydrogen-bond donors (Lipinski definition) is 1.